The fraction of sp³-hybridized carbons (Fsp3) is 0.292. The van der Waals surface area contributed by atoms with Gasteiger partial charge in [0.25, 0.3) is 5.56 Å². The molecule has 1 aliphatic heterocycles. The molecule has 7 nitrogen and oxygen atoms in total. The van der Waals surface area contributed by atoms with Crippen LogP contribution < -0.4 is 15.6 Å². The number of halogens is 1. The normalized spacial score (nSPS) is 13.4. The van der Waals surface area contributed by atoms with Crippen LogP contribution >= 0.6 is 23.4 Å². The first kappa shape index (κ1) is 23.4. The van der Waals surface area contributed by atoms with Gasteiger partial charge in [0, 0.05) is 42.3 Å². The molecule has 1 aromatic heterocycles. The van der Waals surface area contributed by atoms with E-state index >= 15 is 0 Å². The third-order valence-electron chi connectivity index (χ3n) is 5.59. The van der Waals surface area contributed by atoms with Crippen molar-refractivity contribution in [2.24, 2.45) is 0 Å². The van der Waals surface area contributed by atoms with Crippen LogP contribution in [0.5, 0.6) is 5.75 Å². The van der Waals surface area contributed by atoms with Crippen molar-refractivity contribution in [3.05, 3.63) is 80.2 Å². The van der Waals surface area contributed by atoms with Crippen molar-refractivity contribution in [3.8, 4) is 5.75 Å². The highest BCUT2D eigenvalue weighted by atomic mass is 35.5. The van der Waals surface area contributed by atoms with Crippen molar-refractivity contribution in [1.29, 1.82) is 0 Å². The van der Waals surface area contributed by atoms with Crippen LogP contribution in [0.2, 0.25) is 5.02 Å². The lowest BCUT2D eigenvalue weighted by molar-refractivity contribution is -0.113. The van der Waals surface area contributed by atoms with Gasteiger partial charge in [-0.2, -0.15) is 0 Å². The lowest BCUT2D eigenvalue weighted by Crippen LogP contribution is -2.35. The Hall–Kier alpha value is -2.81. The molecular weight excluding hydrogens is 460 g/mol. The number of ether oxygens (including phenoxy) is 1. The number of carbonyl (C=O) groups excluding carboxylic acids is 1. The quantitative estimate of drug-likeness (QED) is 0.389. The number of nitrogens with zero attached hydrogens (tertiary/aromatic N) is 2. The zero-order valence-corrected chi connectivity index (χ0v) is 20.1. The number of aromatic amines is 1. The van der Waals surface area contributed by atoms with Gasteiger partial charge in [-0.25, -0.2) is 4.98 Å². The average molecular weight is 485 g/mol. The Balaban J connectivity index is 1.39. The Morgan fingerprint density at radius 3 is 2.91 bits per heavy atom. The lowest BCUT2D eigenvalue weighted by atomic mass is 10.1. The lowest BCUT2D eigenvalue weighted by Gasteiger charge is -2.28. The largest absolute Gasteiger partial charge is 0.496 e. The smallest absolute Gasteiger partial charge is 0.256 e. The molecule has 0 saturated carbocycles. The van der Waals surface area contributed by atoms with Gasteiger partial charge in [-0.15, -0.1) is 0 Å². The second kappa shape index (κ2) is 10.4. The molecule has 4 rings (SSSR count). The number of H-pyrrole nitrogens is 1. The average Bonchev–Trinajstić information content (AvgIpc) is 2.81. The maximum absolute atomic E-state index is 12.7. The Morgan fingerprint density at radius 1 is 1.27 bits per heavy atom. The van der Waals surface area contributed by atoms with Crippen LogP contribution in [-0.2, 0) is 24.3 Å². The van der Waals surface area contributed by atoms with Gasteiger partial charge in [0.15, 0.2) is 5.16 Å². The molecular formula is C24H25ClN4O3S. The summed E-state index contributed by atoms with van der Waals surface area (Å²) in [7, 11) is 1.66. The Labute approximate surface area is 201 Å². The molecule has 0 atom stereocenters. The molecule has 3 aromatic rings. The van der Waals surface area contributed by atoms with Gasteiger partial charge in [0.2, 0.25) is 5.91 Å². The maximum Gasteiger partial charge on any atom is 0.256 e. The Morgan fingerprint density at radius 2 is 2.09 bits per heavy atom. The molecule has 0 spiro atoms. The van der Waals surface area contributed by atoms with Crippen molar-refractivity contribution in [2.75, 3.05) is 24.7 Å². The SMILES string of the molecule is COc1ccccc1CN1CCc2nc(SCC(=O)Nc3cccc(Cl)c3C)[nH]c(=O)c2C1. The van der Waals surface area contributed by atoms with Crippen LogP contribution in [0, 0.1) is 6.92 Å². The van der Waals surface area contributed by atoms with E-state index in [1.165, 1.54) is 11.8 Å². The summed E-state index contributed by atoms with van der Waals surface area (Å²) in [4.78, 5) is 34.8. The highest BCUT2D eigenvalue weighted by Crippen LogP contribution is 2.25. The topological polar surface area (TPSA) is 87.3 Å². The van der Waals surface area contributed by atoms with Gasteiger partial charge in [-0.3, -0.25) is 14.5 Å². The molecule has 2 heterocycles. The number of nitrogens with one attached hydrogen (secondary N) is 2. The van der Waals surface area contributed by atoms with E-state index in [9.17, 15) is 9.59 Å². The first-order chi connectivity index (χ1) is 15.9. The number of anilines is 1. The van der Waals surface area contributed by atoms with E-state index in [4.69, 9.17) is 16.3 Å². The van der Waals surface area contributed by atoms with Crippen molar-refractivity contribution < 1.29 is 9.53 Å². The number of amides is 1. The van der Waals surface area contributed by atoms with Crippen molar-refractivity contribution >= 4 is 35.0 Å². The predicted molar refractivity (Wildman–Crippen MR) is 131 cm³/mol. The molecule has 0 radical (unpaired) electrons. The molecule has 0 unspecified atom stereocenters. The van der Waals surface area contributed by atoms with Crippen LogP contribution in [0.1, 0.15) is 22.4 Å². The highest BCUT2D eigenvalue weighted by molar-refractivity contribution is 7.99. The summed E-state index contributed by atoms with van der Waals surface area (Å²) >= 11 is 7.32. The van der Waals surface area contributed by atoms with E-state index in [-0.39, 0.29) is 17.2 Å². The first-order valence-electron chi connectivity index (χ1n) is 10.6. The van der Waals surface area contributed by atoms with Crippen LogP contribution in [-0.4, -0.2) is 40.2 Å². The Kier molecular flexibility index (Phi) is 7.37. The van der Waals surface area contributed by atoms with Gasteiger partial charge in [-0.1, -0.05) is 47.6 Å². The number of carbonyl (C=O) groups is 1. The van der Waals surface area contributed by atoms with E-state index in [1.54, 1.807) is 25.3 Å². The molecule has 0 fully saturated rings. The number of benzene rings is 2. The number of fused-ring (bicyclic) bond motifs is 1. The molecule has 33 heavy (non-hydrogen) atoms. The fourth-order valence-corrected chi connectivity index (χ4v) is 4.65. The summed E-state index contributed by atoms with van der Waals surface area (Å²) in [5.74, 6) is 0.787. The van der Waals surface area contributed by atoms with E-state index in [1.807, 2.05) is 31.2 Å². The van der Waals surface area contributed by atoms with E-state index in [0.29, 0.717) is 40.9 Å². The first-order valence-corrected chi connectivity index (χ1v) is 11.9. The van der Waals surface area contributed by atoms with Gasteiger partial charge in [0.05, 0.1) is 24.1 Å². The molecule has 9 heteroatoms. The van der Waals surface area contributed by atoms with Crippen LogP contribution in [0.25, 0.3) is 0 Å². The number of thioether (sulfide) groups is 1. The minimum Gasteiger partial charge on any atom is -0.496 e. The van der Waals surface area contributed by atoms with E-state index in [0.717, 1.165) is 29.1 Å². The van der Waals surface area contributed by atoms with Crippen LogP contribution in [0.15, 0.2) is 52.4 Å². The summed E-state index contributed by atoms with van der Waals surface area (Å²) in [5, 5.41) is 3.91. The minimum atomic E-state index is -0.186. The zero-order chi connectivity index (χ0) is 23.4. The number of methoxy groups -OCH3 is 1. The summed E-state index contributed by atoms with van der Waals surface area (Å²) in [5.41, 5.74) is 3.90. The summed E-state index contributed by atoms with van der Waals surface area (Å²) in [6.45, 7) is 3.86. The molecule has 172 valence electrons. The zero-order valence-electron chi connectivity index (χ0n) is 18.5. The molecule has 1 aliphatic rings. The fourth-order valence-electron chi connectivity index (χ4n) is 3.80. The second-order valence-corrected chi connectivity index (χ2v) is 9.19. The molecule has 0 aliphatic carbocycles. The van der Waals surface area contributed by atoms with E-state index < -0.39 is 0 Å². The molecule has 0 bridgehead atoms. The second-order valence-electron chi connectivity index (χ2n) is 7.82. The van der Waals surface area contributed by atoms with E-state index in [2.05, 4.69) is 20.2 Å². The molecule has 1 amide bonds. The molecule has 2 aromatic carbocycles. The van der Waals surface area contributed by atoms with Crippen LogP contribution in [0.4, 0.5) is 5.69 Å². The van der Waals surface area contributed by atoms with Gasteiger partial charge in [0.1, 0.15) is 5.75 Å². The Bertz CT molecular complexity index is 1230. The van der Waals surface area contributed by atoms with Gasteiger partial charge < -0.3 is 15.0 Å². The monoisotopic (exact) mass is 484 g/mol. The summed E-state index contributed by atoms with van der Waals surface area (Å²) in [6, 6.07) is 13.3. The van der Waals surface area contributed by atoms with Crippen molar-refractivity contribution in [2.45, 2.75) is 31.6 Å². The number of para-hydroxylation sites is 1. The van der Waals surface area contributed by atoms with Gasteiger partial charge in [-0.05, 0) is 30.7 Å². The highest BCUT2D eigenvalue weighted by Gasteiger charge is 2.22. The number of hydrogen-bond acceptors (Lipinski definition) is 6. The van der Waals surface area contributed by atoms with Crippen molar-refractivity contribution in [3.63, 3.8) is 0 Å². The molecule has 0 saturated heterocycles. The van der Waals surface area contributed by atoms with Crippen molar-refractivity contribution in [1.82, 2.24) is 14.9 Å². The number of aromatic nitrogens is 2. The number of rotatable bonds is 7. The summed E-state index contributed by atoms with van der Waals surface area (Å²) in [6.07, 6.45) is 0.676. The third kappa shape index (κ3) is 5.58. The minimum absolute atomic E-state index is 0.133. The van der Waals surface area contributed by atoms with Crippen LogP contribution in [0.3, 0.4) is 0 Å². The molecule has 2 N–H and O–H groups in total. The standard InChI is InChI=1S/C24H25ClN4O3S/c1-15-18(25)7-5-8-19(15)26-22(30)14-33-24-27-20-10-11-29(13-17(20)23(31)28-24)12-16-6-3-4-9-21(16)32-2/h3-9H,10-14H2,1-2H3,(H,26,30)(H,27,28,31). The summed E-state index contributed by atoms with van der Waals surface area (Å²) < 4.78 is 5.44. The maximum atomic E-state index is 12.7. The third-order valence-corrected chi connectivity index (χ3v) is 6.88. The number of hydrogen-bond donors (Lipinski definition) is 2. The predicted octanol–water partition coefficient (Wildman–Crippen LogP) is 4.03. The van der Waals surface area contributed by atoms with Gasteiger partial charge >= 0.3 is 0 Å².